The van der Waals surface area contributed by atoms with E-state index in [1.165, 1.54) is 44.5 Å². The van der Waals surface area contributed by atoms with Crippen LogP contribution in [0.4, 0.5) is 4.39 Å². The molecular formula is C17H26ClFN2. The van der Waals surface area contributed by atoms with E-state index in [2.05, 4.69) is 17.1 Å². The van der Waals surface area contributed by atoms with Gasteiger partial charge in [0.25, 0.3) is 0 Å². The zero-order valence-electron chi connectivity index (χ0n) is 12.7. The van der Waals surface area contributed by atoms with Gasteiger partial charge in [0.1, 0.15) is 5.82 Å². The molecule has 4 heteroatoms. The summed E-state index contributed by atoms with van der Waals surface area (Å²) < 4.78 is 13.0. The van der Waals surface area contributed by atoms with Crippen molar-refractivity contribution in [3.8, 4) is 0 Å². The average molecular weight is 313 g/mol. The first-order valence-corrected chi connectivity index (χ1v) is 7.92. The van der Waals surface area contributed by atoms with Crippen LogP contribution in [-0.4, -0.2) is 37.1 Å². The second-order valence-electron chi connectivity index (χ2n) is 6.48. The number of nitrogens with zero attached hydrogens (tertiary/aromatic N) is 1. The topological polar surface area (TPSA) is 15.3 Å². The minimum absolute atomic E-state index is 0. The third kappa shape index (κ3) is 4.18. The molecule has 2 fully saturated rings. The van der Waals surface area contributed by atoms with Crippen LogP contribution in [0.3, 0.4) is 0 Å². The lowest BCUT2D eigenvalue weighted by molar-refractivity contribution is 0.200. The Morgan fingerprint density at radius 3 is 2.52 bits per heavy atom. The molecule has 0 amide bonds. The minimum atomic E-state index is -0.133. The summed E-state index contributed by atoms with van der Waals surface area (Å²) in [5, 5.41) is 3.44. The lowest BCUT2D eigenvalue weighted by Gasteiger charge is -2.29. The van der Waals surface area contributed by atoms with Crippen LogP contribution >= 0.6 is 12.4 Å². The predicted octanol–water partition coefficient (Wildman–Crippen LogP) is 3.42. The first-order valence-electron chi connectivity index (χ1n) is 7.92. The van der Waals surface area contributed by atoms with Gasteiger partial charge >= 0.3 is 0 Å². The molecule has 0 radical (unpaired) electrons. The van der Waals surface area contributed by atoms with E-state index in [0.717, 1.165) is 12.5 Å². The van der Waals surface area contributed by atoms with Crippen molar-refractivity contribution >= 4 is 12.4 Å². The highest BCUT2D eigenvalue weighted by molar-refractivity contribution is 5.85. The Hall–Kier alpha value is -0.640. The summed E-state index contributed by atoms with van der Waals surface area (Å²) in [7, 11) is 0. The predicted molar refractivity (Wildman–Crippen MR) is 87.6 cm³/mol. The summed E-state index contributed by atoms with van der Waals surface area (Å²) in [4.78, 5) is 2.64. The van der Waals surface area contributed by atoms with E-state index in [1.807, 2.05) is 12.1 Å². The van der Waals surface area contributed by atoms with Gasteiger partial charge < -0.3 is 5.32 Å². The molecule has 21 heavy (non-hydrogen) atoms. The summed E-state index contributed by atoms with van der Waals surface area (Å²) in [6.07, 6.45) is 3.82. The largest absolute Gasteiger partial charge is 0.317 e. The maximum Gasteiger partial charge on any atom is 0.123 e. The van der Waals surface area contributed by atoms with Crippen molar-refractivity contribution in [2.24, 2.45) is 5.92 Å². The van der Waals surface area contributed by atoms with Crippen LogP contribution in [-0.2, 0) is 0 Å². The quantitative estimate of drug-likeness (QED) is 0.920. The molecule has 2 aliphatic heterocycles. The maximum absolute atomic E-state index is 13.0. The van der Waals surface area contributed by atoms with Crippen molar-refractivity contribution in [1.29, 1.82) is 0 Å². The Bertz CT molecular complexity index is 431. The van der Waals surface area contributed by atoms with Crippen LogP contribution in [0.2, 0.25) is 0 Å². The SMILES string of the molecule is CC1CC(c2ccc(F)cc2)CN1CC1CCNCC1.Cl. The van der Waals surface area contributed by atoms with Crippen LogP contribution < -0.4 is 5.32 Å². The third-order valence-electron chi connectivity index (χ3n) is 5.00. The van der Waals surface area contributed by atoms with Crippen LogP contribution in [0.5, 0.6) is 0 Å². The van der Waals surface area contributed by atoms with E-state index in [4.69, 9.17) is 0 Å². The van der Waals surface area contributed by atoms with E-state index in [1.54, 1.807) is 12.1 Å². The van der Waals surface area contributed by atoms with Gasteiger partial charge in [-0.3, -0.25) is 4.90 Å². The lowest BCUT2D eigenvalue weighted by atomic mass is 9.97. The van der Waals surface area contributed by atoms with Gasteiger partial charge in [0.2, 0.25) is 0 Å². The second-order valence-corrected chi connectivity index (χ2v) is 6.48. The zero-order valence-corrected chi connectivity index (χ0v) is 13.5. The molecule has 3 rings (SSSR count). The van der Waals surface area contributed by atoms with E-state index in [0.29, 0.717) is 12.0 Å². The Balaban J connectivity index is 0.00000161. The molecular weight excluding hydrogens is 287 g/mol. The van der Waals surface area contributed by atoms with Crippen molar-refractivity contribution in [1.82, 2.24) is 10.2 Å². The lowest BCUT2D eigenvalue weighted by Crippen LogP contribution is -2.37. The van der Waals surface area contributed by atoms with Gasteiger partial charge in [-0.2, -0.15) is 0 Å². The fourth-order valence-electron chi connectivity index (χ4n) is 3.73. The monoisotopic (exact) mass is 312 g/mol. The highest BCUT2D eigenvalue weighted by Crippen LogP contribution is 2.32. The number of rotatable bonds is 3. The molecule has 0 aromatic heterocycles. The molecule has 0 saturated carbocycles. The Morgan fingerprint density at radius 2 is 1.86 bits per heavy atom. The zero-order chi connectivity index (χ0) is 13.9. The van der Waals surface area contributed by atoms with E-state index in [9.17, 15) is 4.39 Å². The average Bonchev–Trinajstić information content (AvgIpc) is 2.82. The highest BCUT2D eigenvalue weighted by Gasteiger charge is 2.31. The van der Waals surface area contributed by atoms with E-state index >= 15 is 0 Å². The second kappa shape index (κ2) is 7.57. The number of hydrogen-bond donors (Lipinski definition) is 1. The van der Waals surface area contributed by atoms with Crippen molar-refractivity contribution in [3.63, 3.8) is 0 Å². The molecule has 2 saturated heterocycles. The summed E-state index contributed by atoms with van der Waals surface area (Å²) in [6.45, 7) is 7.06. The number of halogens is 2. The minimum Gasteiger partial charge on any atom is -0.317 e. The third-order valence-corrected chi connectivity index (χ3v) is 5.00. The van der Waals surface area contributed by atoms with Gasteiger partial charge in [-0.05, 0) is 68.8 Å². The van der Waals surface area contributed by atoms with Gasteiger partial charge in [-0.15, -0.1) is 12.4 Å². The molecule has 0 spiro atoms. The molecule has 0 bridgehead atoms. The Morgan fingerprint density at radius 1 is 1.19 bits per heavy atom. The van der Waals surface area contributed by atoms with Crippen LogP contribution in [0, 0.1) is 11.7 Å². The van der Waals surface area contributed by atoms with Crippen LogP contribution in [0.25, 0.3) is 0 Å². The number of piperidine rings is 1. The van der Waals surface area contributed by atoms with Gasteiger partial charge in [-0.25, -0.2) is 4.39 Å². The number of nitrogens with one attached hydrogen (secondary N) is 1. The maximum atomic E-state index is 13.0. The molecule has 1 aromatic rings. The molecule has 2 heterocycles. The summed E-state index contributed by atoms with van der Waals surface area (Å²) in [5.41, 5.74) is 1.30. The van der Waals surface area contributed by atoms with Gasteiger partial charge in [-0.1, -0.05) is 12.1 Å². The number of hydrogen-bond acceptors (Lipinski definition) is 2. The number of benzene rings is 1. The summed E-state index contributed by atoms with van der Waals surface area (Å²) >= 11 is 0. The van der Waals surface area contributed by atoms with Crippen molar-refractivity contribution in [2.75, 3.05) is 26.2 Å². The standard InChI is InChI=1S/C17H25FN2.ClH/c1-13-10-16(15-2-4-17(18)5-3-15)12-20(13)11-14-6-8-19-9-7-14;/h2-5,13-14,16,19H,6-12H2,1H3;1H. The van der Waals surface area contributed by atoms with Gasteiger partial charge in [0.05, 0.1) is 0 Å². The molecule has 2 atom stereocenters. The molecule has 2 nitrogen and oxygen atoms in total. The molecule has 2 aliphatic rings. The highest BCUT2D eigenvalue weighted by atomic mass is 35.5. The van der Waals surface area contributed by atoms with E-state index in [-0.39, 0.29) is 18.2 Å². The molecule has 2 unspecified atom stereocenters. The fourth-order valence-corrected chi connectivity index (χ4v) is 3.73. The van der Waals surface area contributed by atoms with Crippen molar-refractivity contribution in [3.05, 3.63) is 35.6 Å². The van der Waals surface area contributed by atoms with Gasteiger partial charge in [0, 0.05) is 19.1 Å². The molecule has 1 aromatic carbocycles. The van der Waals surface area contributed by atoms with Crippen molar-refractivity contribution in [2.45, 2.75) is 38.1 Å². The number of likely N-dealkylation sites (tertiary alicyclic amines) is 1. The summed E-state index contributed by atoms with van der Waals surface area (Å²) in [6, 6.07) is 7.76. The first-order chi connectivity index (χ1) is 9.72. The smallest absolute Gasteiger partial charge is 0.123 e. The Labute approximate surface area is 133 Å². The van der Waals surface area contributed by atoms with Crippen molar-refractivity contribution < 1.29 is 4.39 Å². The van der Waals surface area contributed by atoms with Gasteiger partial charge in [0.15, 0.2) is 0 Å². The fraction of sp³-hybridized carbons (Fsp3) is 0.647. The Kier molecular flexibility index (Phi) is 6.03. The normalized spacial score (nSPS) is 27.5. The molecule has 0 aliphatic carbocycles. The summed E-state index contributed by atoms with van der Waals surface area (Å²) in [5.74, 6) is 1.30. The molecule has 118 valence electrons. The van der Waals surface area contributed by atoms with E-state index < -0.39 is 0 Å². The van der Waals surface area contributed by atoms with Crippen LogP contribution in [0.15, 0.2) is 24.3 Å². The molecule has 1 N–H and O–H groups in total. The first kappa shape index (κ1) is 16.7. The van der Waals surface area contributed by atoms with Crippen LogP contribution in [0.1, 0.15) is 37.7 Å².